The van der Waals surface area contributed by atoms with Crippen molar-refractivity contribution in [2.45, 2.75) is 6.92 Å². The maximum Gasteiger partial charge on any atom is 0.508 e. The highest BCUT2D eigenvalue weighted by molar-refractivity contribution is 6.36. The Hall–Kier alpha value is -2.21. The first kappa shape index (κ1) is 14.2. The van der Waals surface area contributed by atoms with Crippen LogP contribution >= 0.6 is 11.6 Å². The number of hydrogen-bond acceptors (Lipinski definition) is 5. The lowest BCUT2D eigenvalue weighted by atomic mass is 10.1. The molecule has 0 aliphatic heterocycles. The van der Waals surface area contributed by atoms with Crippen molar-refractivity contribution in [2.75, 3.05) is 13.9 Å². The van der Waals surface area contributed by atoms with Gasteiger partial charge in [-0.25, -0.2) is 4.79 Å². The van der Waals surface area contributed by atoms with Crippen LogP contribution in [-0.4, -0.2) is 30.1 Å². The lowest BCUT2D eigenvalue weighted by molar-refractivity contribution is 0.0267. The number of methoxy groups -OCH3 is 1. The quantitative estimate of drug-likeness (QED) is 0.689. The van der Waals surface area contributed by atoms with Crippen LogP contribution in [0.1, 0.15) is 5.69 Å². The molecule has 0 aliphatic rings. The first-order chi connectivity index (χ1) is 9.51. The number of halogens is 1. The van der Waals surface area contributed by atoms with Crippen LogP contribution in [0.25, 0.3) is 10.9 Å². The summed E-state index contributed by atoms with van der Waals surface area (Å²) in [5, 5.41) is 9.40. The number of hydrogen-bond donors (Lipinski definition) is 1. The highest BCUT2D eigenvalue weighted by Gasteiger charge is 2.12. The third kappa shape index (κ3) is 3.03. The average Bonchev–Trinajstić information content (AvgIpc) is 2.36. The number of rotatable bonds is 4. The zero-order chi connectivity index (χ0) is 14.7. The fraction of sp³-hybridized carbons (Fsp3) is 0.231. The molecule has 6 nitrogen and oxygen atoms in total. The summed E-state index contributed by atoms with van der Waals surface area (Å²) < 4.78 is 14.8. The Labute approximate surface area is 119 Å². The van der Waals surface area contributed by atoms with E-state index >= 15 is 0 Å². The molecule has 0 radical (unpaired) electrons. The zero-order valence-corrected chi connectivity index (χ0v) is 11.6. The van der Waals surface area contributed by atoms with Crippen molar-refractivity contribution in [3.63, 3.8) is 0 Å². The topological polar surface area (TPSA) is 77.9 Å². The van der Waals surface area contributed by atoms with Crippen molar-refractivity contribution in [1.82, 2.24) is 4.98 Å². The van der Waals surface area contributed by atoms with Gasteiger partial charge < -0.3 is 19.3 Å². The third-order valence-electron chi connectivity index (χ3n) is 2.56. The van der Waals surface area contributed by atoms with Gasteiger partial charge in [-0.15, -0.1) is 0 Å². The van der Waals surface area contributed by atoms with E-state index in [0.29, 0.717) is 33.1 Å². The summed E-state index contributed by atoms with van der Waals surface area (Å²) in [7, 11) is 1.53. The second kappa shape index (κ2) is 5.83. The van der Waals surface area contributed by atoms with Gasteiger partial charge in [0, 0.05) is 17.8 Å². The SMILES string of the molecule is COc1cc(Cl)c2c(OCOC(=O)O)cc(C)nc2c1. The molecule has 0 atom stereocenters. The van der Waals surface area contributed by atoms with Gasteiger partial charge in [-0.3, -0.25) is 4.98 Å². The Balaban J connectivity index is 2.45. The molecule has 1 N–H and O–H groups in total. The van der Waals surface area contributed by atoms with Crippen LogP contribution in [0.3, 0.4) is 0 Å². The van der Waals surface area contributed by atoms with Crippen LogP contribution in [0.15, 0.2) is 18.2 Å². The molecule has 2 rings (SSSR count). The minimum Gasteiger partial charge on any atom is -0.497 e. The minimum atomic E-state index is -1.41. The summed E-state index contributed by atoms with van der Waals surface area (Å²) in [5.74, 6) is 0.981. The molecule has 0 fully saturated rings. The highest BCUT2D eigenvalue weighted by Crippen LogP contribution is 2.35. The van der Waals surface area contributed by atoms with E-state index in [4.69, 9.17) is 26.2 Å². The van der Waals surface area contributed by atoms with E-state index in [9.17, 15) is 4.79 Å². The van der Waals surface area contributed by atoms with E-state index in [0.717, 1.165) is 0 Å². The van der Waals surface area contributed by atoms with Gasteiger partial charge in [0.25, 0.3) is 0 Å². The number of nitrogens with zero attached hydrogens (tertiary/aromatic N) is 1. The highest BCUT2D eigenvalue weighted by atomic mass is 35.5. The first-order valence-electron chi connectivity index (χ1n) is 5.64. The van der Waals surface area contributed by atoms with E-state index in [2.05, 4.69) is 9.72 Å². The second-order valence-electron chi connectivity index (χ2n) is 3.94. The summed E-state index contributed by atoms with van der Waals surface area (Å²) in [4.78, 5) is 14.7. The molecule has 1 aromatic heterocycles. The Kier molecular flexibility index (Phi) is 4.14. The molecule has 7 heteroatoms. The fourth-order valence-corrected chi connectivity index (χ4v) is 2.06. The summed E-state index contributed by atoms with van der Waals surface area (Å²) in [6, 6.07) is 5.01. The molecular formula is C13H12ClNO5. The van der Waals surface area contributed by atoms with E-state index in [-0.39, 0.29) is 0 Å². The molecular weight excluding hydrogens is 286 g/mol. The average molecular weight is 298 g/mol. The predicted molar refractivity (Wildman–Crippen MR) is 72.6 cm³/mol. The summed E-state index contributed by atoms with van der Waals surface area (Å²) in [5.41, 5.74) is 1.30. The van der Waals surface area contributed by atoms with Crippen molar-refractivity contribution in [3.05, 3.63) is 28.9 Å². The zero-order valence-electron chi connectivity index (χ0n) is 10.8. The Morgan fingerprint density at radius 1 is 1.40 bits per heavy atom. The number of aromatic nitrogens is 1. The van der Waals surface area contributed by atoms with Crippen LogP contribution in [0.4, 0.5) is 4.79 Å². The van der Waals surface area contributed by atoms with Crippen molar-refractivity contribution in [2.24, 2.45) is 0 Å². The molecule has 0 aliphatic carbocycles. The van der Waals surface area contributed by atoms with Crippen LogP contribution in [0.5, 0.6) is 11.5 Å². The first-order valence-corrected chi connectivity index (χ1v) is 6.02. The Morgan fingerprint density at radius 3 is 2.80 bits per heavy atom. The maximum atomic E-state index is 10.3. The van der Waals surface area contributed by atoms with E-state index in [1.54, 1.807) is 25.1 Å². The van der Waals surface area contributed by atoms with E-state index < -0.39 is 12.9 Å². The molecule has 20 heavy (non-hydrogen) atoms. The number of benzene rings is 1. The van der Waals surface area contributed by atoms with Gasteiger partial charge >= 0.3 is 6.16 Å². The van der Waals surface area contributed by atoms with Gasteiger partial charge in [-0.1, -0.05) is 11.6 Å². The fourth-order valence-electron chi connectivity index (χ4n) is 1.76. The summed E-state index contributed by atoms with van der Waals surface area (Å²) in [6.07, 6.45) is -1.41. The van der Waals surface area contributed by atoms with Gasteiger partial charge in [0.2, 0.25) is 6.79 Å². The van der Waals surface area contributed by atoms with E-state index in [1.165, 1.54) is 7.11 Å². The number of carbonyl (C=O) groups is 1. The molecule has 0 saturated carbocycles. The molecule has 0 amide bonds. The van der Waals surface area contributed by atoms with Crippen LogP contribution in [-0.2, 0) is 4.74 Å². The van der Waals surface area contributed by atoms with Crippen LogP contribution in [0, 0.1) is 6.92 Å². The number of aryl methyl sites for hydroxylation is 1. The molecule has 0 spiro atoms. The van der Waals surface area contributed by atoms with Gasteiger partial charge in [-0.2, -0.15) is 0 Å². The Bertz CT molecular complexity index is 659. The number of ether oxygens (including phenoxy) is 3. The van der Waals surface area contributed by atoms with Gasteiger partial charge in [0.05, 0.1) is 23.0 Å². The predicted octanol–water partition coefficient (Wildman–Crippen LogP) is 3.24. The second-order valence-corrected chi connectivity index (χ2v) is 4.34. The number of pyridine rings is 1. The van der Waals surface area contributed by atoms with Gasteiger partial charge in [0.15, 0.2) is 0 Å². The van der Waals surface area contributed by atoms with Crippen molar-refractivity contribution >= 4 is 28.7 Å². The summed E-state index contributed by atoms with van der Waals surface area (Å²) in [6.45, 7) is 1.37. The van der Waals surface area contributed by atoms with Crippen molar-refractivity contribution in [3.8, 4) is 11.5 Å². The summed E-state index contributed by atoms with van der Waals surface area (Å²) >= 11 is 6.18. The monoisotopic (exact) mass is 297 g/mol. The molecule has 1 heterocycles. The lowest BCUT2D eigenvalue weighted by Gasteiger charge is -2.11. The maximum absolute atomic E-state index is 10.3. The Morgan fingerprint density at radius 2 is 2.15 bits per heavy atom. The molecule has 0 bridgehead atoms. The van der Waals surface area contributed by atoms with E-state index in [1.807, 2.05) is 0 Å². The molecule has 106 valence electrons. The normalized spacial score (nSPS) is 10.3. The lowest BCUT2D eigenvalue weighted by Crippen LogP contribution is -2.08. The number of carboxylic acid groups (broad SMARTS) is 1. The van der Waals surface area contributed by atoms with Gasteiger partial charge in [-0.05, 0) is 13.0 Å². The molecule has 1 aromatic carbocycles. The third-order valence-corrected chi connectivity index (χ3v) is 2.86. The largest absolute Gasteiger partial charge is 0.508 e. The number of fused-ring (bicyclic) bond motifs is 1. The molecule has 0 unspecified atom stereocenters. The van der Waals surface area contributed by atoms with Gasteiger partial charge in [0.1, 0.15) is 11.5 Å². The van der Waals surface area contributed by atoms with Crippen LogP contribution in [0.2, 0.25) is 5.02 Å². The van der Waals surface area contributed by atoms with Crippen molar-refractivity contribution < 1.29 is 24.1 Å². The minimum absolute atomic E-state index is 0.400. The smallest absolute Gasteiger partial charge is 0.497 e. The van der Waals surface area contributed by atoms with Crippen LogP contribution < -0.4 is 9.47 Å². The van der Waals surface area contributed by atoms with Crippen molar-refractivity contribution in [1.29, 1.82) is 0 Å². The standard InChI is InChI=1S/C13H12ClNO5/c1-7-3-11(19-6-20-13(16)17)12-9(14)4-8(18-2)5-10(12)15-7/h3-5H,6H2,1-2H3,(H,16,17). The molecule has 2 aromatic rings. The molecule has 0 saturated heterocycles.